The zero-order valence-corrected chi connectivity index (χ0v) is 10.6. The van der Waals surface area contributed by atoms with Crippen molar-refractivity contribution < 1.29 is 18.0 Å². The fraction of sp³-hybridized carbons (Fsp3) is 0.429. The van der Waals surface area contributed by atoms with E-state index in [9.17, 15) is 18.0 Å². The van der Waals surface area contributed by atoms with Gasteiger partial charge in [0.25, 0.3) is 0 Å². The van der Waals surface area contributed by atoms with E-state index in [0.717, 1.165) is 43.9 Å². The monoisotopic (exact) mass is 282 g/mol. The Morgan fingerprint density at radius 1 is 1.30 bits per heavy atom. The van der Waals surface area contributed by atoms with Crippen LogP contribution in [0.4, 0.5) is 18.9 Å². The molecule has 0 saturated heterocycles. The molecule has 1 amide bonds. The molecule has 0 atom stereocenters. The van der Waals surface area contributed by atoms with E-state index in [1.165, 1.54) is 0 Å². The second-order valence-electron chi connectivity index (χ2n) is 4.84. The van der Waals surface area contributed by atoms with Crippen molar-refractivity contribution in [3.63, 3.8) is 0 Å². The fourth-order valence-corrected chi connectivity index (χ4v) is 2.34. The van der Waals surface area contributed by atoms with Crippen LogP contribution in [0.2, 0.25) is 0 Å². The maximum absolute atomic E-state index is 12.5. The van der Waals surface area contributed by atoms with Crippen LogP contribution in [0.15, 0.2) is 18.2 Å². The fourth-order valence-electron chi connectivity index (χ4n) is 2.34. The molecule has 0 heterocycles. The number of nitrogens with zero attached hydrogens (tertiary/aromatic N) is 1. The van der Waals surface area contributed by atoms with Crippen LogP contribution in [-0.4, -0.2) is 5.91 Å². The van der Waals surface area contributed by atoms with Gasteiger partial charge < -0.3 is 5.32 Å². The first kappa shape index (κ1) is 14.4. The number of carbonyl (C=O) groups excluding carboxylic acids is 1. The van der Waals surface area contributed by atoms with E-state index >= 15 is 0 Å². The summed E-state index contributed by atoms with van der Waals surface area (Å²) in [7, 11) is 0. The molecule has 1 N–H and O–H groups in total. The highest BCUT2D eigenvalue weighted by molar-refractivity contribution is 5.94. The molecule has 0 aromatic heterocycles. The van der Waals surface area contributed by atoms with Gasteiger partial charge in [-0.3, -0.25) is 4.79 Å². The third kappa shape index (κ3) is 3.10. The molecule has 1 fully saturated rings. The van der Waals surface area contributed by atoms with Crippen molar-refractivity contribution in [2.24, 2.45) is 5.92 Å². The molecule has 1 saturated carbocycles. The van der Waals surface area contributed by atoms with E-state index in [4.69, 9.17) is 5.26 Å². The maximum Gasteiger partial charge on any atom is 0.416 e. The van der Waals surface area contributed by atoms with Crippen molar-refractivity contribution in [1.29, 1.82) is 5.26 Å². The first-order valence-electron chi connectivity index (χ1n) is 6.34. The molecule has 20 heavy (non-hydrogen) atoms. The average molecular weight is 282 g/mol. The number of hydrogen-bond donors (Lipinski definition) is 1. The highest BCUT2D eigenvalue weighted by Crippen LogP contribution is 2.32. The molecule has 2 rings (SSSR count). The van der Waals surface area contributed by atoms with Gasteiger partial charge in [-0.15, -0.1) is 0 Å². The number of nitrogens with one attached hydrogen (secondary N) is 1. The van der Waals surface area contributed by atoms with Crippen LogP contribution in [0.1, 0.15) is 36.8 Å². The van der Waals surface area contributed by atoms with Crippen LogP contribution in [0, 0.1) is 17.2 Å². The number of rotatable bonds is 2. The van der Waals surface area contributed by atoms with Gasteiger partial charge in [0.15, 0.2) is 0 Å². The standard InChI is InChI=1S/C14H13F3N2O/c15-14(16,17)11-5-6-12(10(7-11)8-18)19-13(20)9-3-1-2-4-9/h5-7,9H,1-4H2,(H,19,20). The Bertz CT molecular complexity index is 555. The van der Waals surface area contributed by atoms with Crippen molar-refractivity contribution >= 4 is 11.6 Å². The first-order valence-corrected chi connectivity index (χ1v) is 6.34. The predicted octanol–water partition coefficient (Wildman–Crippen LogP) is 3.71. The normalized spacial score (nSPS) is 15.9. The summed E-state index contributed by atoms with van der Waals surface area (Å²) < 4.78 is 37.6. The van der Waals surface area contributed by atoms with Crippen LogP contribution in [-0.2, 0) is 11.0 Å². The average Bonchev–Trinajstić information content (AvgIpc) is 2.91. The third-order valence-electron chi connectivity index (χ3n) is 3.45. The smallest absolute Gasteiger partial charge is 0.325 e. The minimum absolute atomic E-state index is 0.108. The summed E-state index contributed by atoms with van der Waals surface area (Å²) in [6.45, 7) is 0. The van der Waals surface area contributed by atoms with E-state index in [0.29, 0.717) is 0 Å². The van der Waals surface area contributed by atoms with E-state index in [1.807, 2.05) is 0 Å². The van der Waals surface area contributed by atoms with Gasteiger partial charge in [0.2, 0.25) is 5.91 Å². The number of anilines is 1. The molecular weight excluding hydrogens is 269 g/mol. The minimum Gasteiger partial charge on any atom is -0.325 e. The molecule has 0 spiro atoms. The lowest BCUT2D eigenvalue weighted by molar-refractivity contribution is -0.137. The van der Waals surface area contributed by atoms with E-state index in [1.54, 1.807) is 6.07 Å². The molecule has 0 bridgehead atoms. The van der Waals surface area contributed by atoms with Crippen LogP contribution >= 0.6 is 0 Å². The Morgan fingerprint density at radius 3 is 2.50 bits per heavy atom. The van der Waals surface area contributed by atoms with E-state index < -0.39 is 11.7 Å². The van der Waals surface area contributed by atoms with Crippen LogP contribution in [0.5, 0.6) is 0 Å². The summed E-state index contributed by atoms with van der Waals surface area (Å²) in [5.41, 5.74) is -0.934. The van der Waals surface area contributed by atoms with Gasteiger partial charge in [0, 0.05) is 5.92 Å². The Balaban J connectivity index is 2.20. The Kier molecular flexibility index (Phi) is 3.98. The van der Waals surface area contributed by atoms with Gasteiger partial charge in [-0.05, 0) is 31.0 Å². The third-order valence-corrected chi connectivity index (χ3v) is 3.45. The summed E-state index contributed by atoms with van der Waals surface area (Å²) in [6.07, 6.45) is -0.964. The highest BCUT2D eigenvalue weighted by Gasteiger charge is 2.31. The van der Waals surface area contributed by atoms with Crippen LogP contribution < -0.4 is 5.32 Å². The molecular formula is C14H13F3N2O. The van der Waals surface area contributed by atoms with Gasteiger partial charge in [0.1, 0.15) is 6.07 Å². The number of carbonyl (C=O) groups is 1. The largest absolute Gasteiger partial charge is 0.416 e. The Morgan fingerprint density at radius 2 is 1.95 bits per heavy atom. The molecule has 0 radical (unpaired) electrons. The van der Waals surface area contributed by atoms with E-state index in [-0.39, 0.29) is 23.1 Å². The summed E-state index contributed by atoms with van der Waals surface area (Å²) in [5.74, 6) is -0.331. The van der Waals surface area contributed by atoms with Crippen molar-refractivity contribution in [3.05, 3.63) is 29.3 Å². The van der Waals surface area contributed by atoms with Gasteiger partial charge >= 0.3 is 6.18 Å². The van der Waals surface area contributed by atoms with Gasteiger partial charge in [0.05, 0.1) is 16.8 Å². The number of halogens is 3. The van der Waals surface area contributed by atoms with E-state index in [2.05, 4.69) is 5.32 Å². The zero-order valence-electron chi connectivity index (χ0n) is 10.6. The molecule has 1 aromatic rings. The molecule has 1 aliphatic carbocycles. The summed E-state index contributed by atoms with van der Waals surface area (Å²) in [4.78, 5) is 11.9. The summed E-state index contributed by atoms with van der Waals surface area (Å²) in [5, 5.41) is 11.5. The Hall–Kier alpha value is -2.03. The SMILES string of the molecule is N#Cc1cc(C(F)(F)F)ccc1NC(=O)C1CCCC1. The van der Waals surface area contributed by atoms with Crippen molar-refractivity contribution in [2.75, 3.05) is 5.32 Å². The molecule has 6 heteroatoms. The minimum atomic E-state index is -4.50. The van der Waals surface area contributed by atoms with Crippen LogP contribution in [0.25, 0.3) is 0 Å². The Labute approximate surface area is 114 Å². The summed E-state index contributed by atoms with van der Waals surface area (Å²) >= 11 is 0. The quantitative estimate of drug-likeness (QED) is 0.899. The number of hydrogen-bond acceptors (Lipinski definition) is 2. The summed E-state index contributed by atoms with van der Waals surface area (Å²) in [6, 6.07) is 4.44. The van der Waals surface area contributed by atoms with Crippen LogP contribution in [0.3, 0.4) is 0 Å². The zero-order chi connectivity index (χ0) is 14.8. The second-order valence-corrected chi connectivity index (χ2v) is 4.84. The molecule has 1 aliphatic rings. The lowest BCUT2D eigenvalue weighted by atomic mass is 10.1. The topological polar surface area (TPSA) is 52.9 Å². The predicted molar refractivity (Wildman–Crippen MR) is 66.7 cm³/mol. The molecule has 0 unspecified atom stereocenters. The number of nitriles is 1. The second kappa shape index (κ2) is 5.53. The molecule has 3 nitrogen and oxygen atoms in total. The molecule has 1 aromatic carbocycles. The number of amides is 1. The number of alkyl halides is 3. The van der Waals surface area contributed by atoms with Gasteiger partial charge in [-0.1, -0.05) is 12.8 Å². The lowest BCUT2D eigenvalue weighted by Gasteiger charge is -2.13. The molecule has 0 aliphatic heterocycles. The molecule has 106 valence electrons. The first-order chi connectivity index (χ1) is 9.41. The van der Waals surface area contributed by atoms with Crippen molar-refractivity contribution in [3.8, 4) is 6.07 Å². The van der Waals surface area contributed by atoms with Crippen molar-refractivity contribution in [2.45, 2.75) is 31.9 Å². The van der Waals surface area contributed by atoms with Gasteiger partial charge in [-0.2, -0.15) is 18.4 Å². The number of benzene rings is 1. The maximum atomic E-state index is 12.5. The lowest BCUT2D eigenvalue weighted by Crippen LogP contribution is -2.21. The van der Waals surface area contributed by atoms with Gasteiger partial charge in [-0.25, -0.2) is 0 Å². The van der Waals surface area contributed by atoms with Crippen molar-refractivity contribution in [1.82, 2.24) is 0 Å². The highest BCUT2D eigenvalue weighted by atomic mass is 19.4.